The van der Waals surface area contributed by atoms with Crippen LogP contribution < -0.4 is 5.32 Å². The maximum absolute atomic E-state index is 12.3. The molecule has 1 saturated heterocycles. The summed E-state index contributed by atoms with van der Waals surface area (Å²) in [6.07, 6.45) is 1.47. The predicted molar refractivity (Wildman–Crippen MR) is 84.9 cm³/mol. The fourth-order valence-corrected chi connectivity index (χ4v) is 2.48. The van der Waals surface area contributed by atoms with Crippen molar-refractivity contribution in [2.24, 2.45) is 0 Å². The van der Waals surface area contributed by atoms with Gasteiger partial charge in [0.15, 0.2) is 0 Å². The molecule has 7 heteroatoms. The third-order valence-corrected chi connectivity index (χ3v) is 3.51. The molecular formula is C14H19Cl2N3O2. The van der Waals surface area contributed by atoms with Crippen molar-refractivity contribution in [3.05, 3.63) is 23.9 Å². The van der Waals surface area contributed by atoms with E-state index in [1.165, 1.54) is 0 Å². The summed E-state index contributed by atoms with van der Waals surface area (Å²) >= 11 is 5.82. The first-order valence-electron chi connectivity index (χ1n) is 6.68. The third kappa shape index (κ3) is 4.32. The summed E-state index contributed by atoms with van der Waals surface area (Å²) < 4.78 is 0. The lowest BCUT2D eigenvalue weighted by Gasteiger charge is -2.24. The Bertz CT molecular complexity index is 523. The van der Waals surface area contributed by atoms with Gasteiger partial charge in [0.05, 0.1) is 0 Å². The molecule has 5 nitrogen and oxygen atoms in total. The van der Waals surface area contributed by atoms with Crippen molar-refractivity contribution in [3.8, 4) is 0 Å². The summed E-state index contributed by atoms with van der Waals surface area (Å²) in [7, 11) is 0. The summed E-state index contributed by atoms with van der Waals surface area (Å²) in [5, 5.41) is 2.15. The monoisotopic (exact) mass is 331 g/mol. The maximum atomic E-state index is 12.3. The molecule has 0 spiro atoms. The van der Waals surface area contributed by atoms with Crippen LogP contribution >= 0.6 is 24.0 Å². The number of amides is 2. The van der Waals surface area contributed by atoms with Gasteiger partial charge >= 0.3 is 0 Å². The molecule has 116 valence electrons. The van der Waals surface area contributed by atoms with Gasteiger partial charge in [-0.25, -0.2) is 4.98 Å². The summed E-state index contributed by atoms with van der Waals surface area (Å²) in [6.45, 7) is 4.06. The number of nitrogens with one attached hydrogen (secondary N) is 1. The molecule has 1 aromatic heterocycles. The Labute approximate surface area is 135 Å². The average Bonchev–Trinajstić information content (AvgIpc) is 2.86. The van der Waals surface area contributed by atoms with Crippen LogP contribution in [0.5, 0.6) is 0 Å². The second kappa shape index (κ2) is 7.61. The molecule has 1 N–H and O–H groups in total. The van der Waals surface area contributed by atoms with Crippen LogP contribution in [-0.2, 0) is 9.59 Å². The van der Waals surface area contributed by atoms with Crippen LogP contribution in [0.25, 0.3) is 0 Å². The number of rotatable bonds is 3. The van der Waals surface area contributed by atoms with E-state index in [-0.39, 0.29) is 24.2 Å². The maximum Gasteiger partial charge on any atom is 0.248 e. The van der Waals surface area contributed by atoms with E-state index in [9.17, 15) is 9.59 Å². The molecule has 2 heterocycles. The lowest BCUT2D eigenvalue weighted by Crippen LogP contribution is -2.45. The molecule has 0 radical (unpaired) electrons. The summed E-state index contributed by atoms with van der Waals surface area (Å²) in [4.78, 5) is 30.0. The van der Waals surface area contributed by atoms with Gasteiger partial charge in [-0.15, -0.1) is 24.0 Å². The highest BCUT2D eigenvalue weighted by Gasteiger charge is 2.35. The largest absolute Gasteiger partial charge is 0.329 e. The number of anilines is 1. The van der Waals surface area contributed by atoms with Gasteiger partial charge in [-0.2, -0.15) is 0 Å². The number of halogens is 2. The van der Waals surface area contributed by atoms with E-state index in [2.05, 4.69) is 10.3 Å². The Morgan fingerprint density at radius 3 is 2.81 bits per heavy atom. The highest BCUT2D eigenvalue weighted by molar-refractivity contribution is 6.30. The van der Waals surface area contributed by atoms with Crippen LogP contribution in [0.4, 0.5) is 5.82 Å². The number of likely N-dealkylation sites (tertiary alicyclic amines) is 1. The predicted octanol–water partition coefficient (Wildman–Crippen LogP) is 2.37. The fraction of sp³-hybridized carbons (Fsp3) is 0.500. The fourth-order valence-electron chi connectivity index (χ4n) is 2.35. The first-order valence-corrected chi connectivity index (χ1v) is 7.12. The molecule has 0 aliphatic carbocycles. The van der Waals surface area contributed by atoms with E-state index in [1.807, 2.05) is 19.1 Å². The third-order valence-electron chi connectivity index (χ3n) is 3.32. The molecule has 0 bridgehead atoms. The van der Waals surface area contributed by atoms with Crippen molar-refractivity contribution in [2.75, 3.05) is 11.9 Å². The smallest absolute Gasteiger partial charge is 0.248 e. The zero-order chi connectivity index (χ0) is 14.7. The minimum atomic E-state index is -0.611. The van der Waals surface area contributed by atoms with E-state index >= 15 is 0 Å². The standard InChI is InChI=1S/C14H18ClN3O2.ClH/c1-9-5-3-7-12(16-9)17-13(19)11-6-4-8-18(11)14(20)10(2)15;/h3,5,7,10-11H,4,6,8H2,1-2H3,(H,16,17,19);1H/t10?,11-;/m0./s1. The van der Waals surface area contributed by atoms with Gasteiger partial charge in [-0.05, 0) is 38.8 Å². The molecule has 2 rings (SSSR count). The Morgan fingerprint density at radius 2 is 2.19 bits per heavy atom. The number of alkyl halides is 1. The van der Waals surface area contributed by atoms with Crippen molar-refractivity contribution in [3.63, 3.8) is 0 Å². The van der Waals surface area contributed by atoms with Crippen LogP contribution in [0.3, 0.4) is 0 Å². The van der Waals surface area contributed by atoms with Gasteiger partial charge in [0.25, 0.3) is 0 Å². The van der Waals surface area contributed by atoms with Gasteiger partial charge < -0.3 is 10.2 Å². The first kappa shape index (κ1) is 17.7. The number of hydrogen-bond acceptors (Lipinski definition) is 3. The summed E-state index contributed by atoms with van der Waals surface area (Å²) in [6, 6.07) is 4.97. The Kier molecular flexibility index (Phi) is 6.42. The lowest BCUT2D eigenvalue weighted by molar-refractivity contribution is -0.136. The highest BCUT2D eigenvalue weighted by Crippen LogP contribution is 2.21. The zero-order valence-corrected chi connectivity index (χ0v) is 13.6. The van der Waals surface area contributed by atoms with Crippen molar-refractivity contribution in [1.82, 2.24) is 9.88 Å². The summed E-state index contributed by atoms with van der Waals surface area (Å²) in [5.74, 6) is 0.112. The highest BCUT2D eigenvalue weighted by atomic mass is 35.5. The number of carbonyl (C=O) groups excluding carboxylic acids is 2. The van der Waals surface area contributed by atoms with Crippen LogP contribution in [0.2, 0.25) is 0 Å². The van der Waals surface area contributed by atoms with Crippen LogP contribution in [0.15, 0.2) is 18.2 Å². The average molecular weight is 332 g/mol. The molecule has 2 amide bonds. The molecular weight excluding hydrogens is 313 g/mol. The minimum absolute atomic E-state index is 0. The lowest BCUT2D eigenvalue weighted by atomic mass is 10.2. The van der Waals surface area contributed by atoms with Crippen molar-refractivity contribution >= 4 is 41.6 Å². The number of nitrogens with zero attached hydrogens (tertiary/aromatic N) is 2. The molecule has 0 saturated carbocycles. The first-order chi connectivity index (χ1) is 9.49. The number of hydrogen-bond donors (Lipinski definition) is 1. The van der Waals surface area contributed by atoms with E-state index in [0.29, 0.717) is 18.8 Å². The van der Waals surface area contributed by atoms with Gasteiger partial charge in [0.1, 0.15) is 17.2 Å². The van der Waals surface area contributed by atoms with Crippen molar-refractivity contribution < 1.29 is 9.59 Å². The second-order valence-electron chi connectivity index (χ2n) is 4.96. The molecule has 21 heavy (non-hydrogen) atoms. The topological polar surface area (TPSA) is 62.3 Å². The van der Waals surface area contributed by atoms with Gasteiger partial charge in [0.2, 0.25) is 11.8 Å². The van der Waals surface area contributed by atoms with Crippen molar-refractivity contribution in [1.29, 1.82) is 0 Å². The van der Waals surface area contributed by atoms with Gasteiger partial charge in [0, 0.05) is 12.2 Å². The molecule has 2 atom stereocenters. The SMILES string of the molecule is Cc1cccc(NC(=O)[C@@H]2CCCN2C(=O)C(C)Cl)n1.Cl. The van der Waals surface area contributed by atoms with E-state index in [4.69, 9.17) is 11.6 Å². The van der Waals surface area contributed by atoms with E-state index in [1.54, 1.807) is 17.9 Å². The summed E-state index contributed by atoms with van der Waals surface area (Å²) in [5.41, 5.74) is 0.830. The number of pyridine rings is 1. The Balaban J connectivity index is 0.00000220. The number of carbonyl (C=O) groups is 2. The van der Waals surface area contributed by atoms with Crippen LogP contribution in [0.1, 0.15) is 25.5 Å². The molecule has 1 aliphatic rings. The van der Waals surface area contributed by atoms with Gasteiger partial charge in [-0.3, -0.25) is 9.59 Å². The quantitative estimate of drug-likeness (QED) is 0.865. The van der Waals surface area contributed by atoms with Crippen molar-refractivity contribution in [2.45, 2.75) is 38.1 Å². The Morgan fingerprint density at radius 1 is 1.48 bits per heavy atom. The molecule has 0 aromatic carbocycles. The van der Waals surface area contributed by atoms with Crippen LogP contribution in [-0.4, -0.2) is 39.7 Å². The molecule has 1 aromatic rings. The van der Waals surface area contributed by atoms with Gasteiger partial charge in [-0.1, -0.05) is 6.07 Å². The molecule has 1 unspecified atom stereocenters. The van der Waals surface area contributed by atoms with E-state index in [0.717, 1.165) is 12.1 Å². The Hall–Kier alpha value is -1.33. The molecule has 1 fully saturated rings. The second-order valence-corrected chi connectivity index (χ2v) is 5.61. The number of aryl methyl sites for hydroxylation is 1. The normalized spacial score (nSPS) is 18.8. The number of aromatic nitrogens is 1. The van der Waals surface area contributed by atoms with Crippen LogP contribution in [0, 0.1) is 6.92 Å². The zero-order valence-electron chi connectivity index (χ0n) is 12.0. The van der Waals surface area contributed by atoms with E-state index < -0.39 is 11.4 Å². The molecule has 1 aliphatic heterocycles. The minimum Gasteiger partial charge on any atom is -0.329 e.